The van der Waals surface area contributed by atoms with E-state index >= 15 is 0 Å². The summed E-state index contributed by atoms with van der Waals surface area (Å²) >= 11 is 0. The molecule has 0 aromatic carbocycles. The van der Waals surface area contributed by atoms with E-state index in [1.807, 2.05) is 0 Å². The molecule has 2 aliphatic rings. The fraction of sp³-hybridized carbons (Fsp3) is 0.667. The fourth-order valence-corrected chi connectivity index (χ4v) is 1.87. The summed E-state index contributed by atoms with van der Waals surface area (Å²) in [5.41, 5.74) is -0.208. The van der Waals surface area contributed by atoms with Crippen molar-refractivity contribution in [2.45, 2.75) is 44.7 Å². The van der Waals surface area contributed by atoms with Gasteiger partial charge in [-0.3, -0.25) is 10.1 Å². The number of rotatable bonds is 2. The standard InChI is InChI=1S/C12H17NO5/c1-12(2,3)18-11(15)13-6-5-7(14)9-10(17-9)8(6)16-4/h5,8-10H,1-4H3,(H,13,15). The summed E-state index contributed by atoms with van der Waals surface area (Å²) < 4.78 is 15.5. The normalized spacial score (nSPS) is 30.3. The SMILES string of the molecule is COC1C(NC(=O)OC(C)(C)C)=CC(=O)C2OC21. The van der Waals surface area contributed by atoms with E-state index in [0.29, 0.717) is 5.70 Å². The van der Waals surface area contributed by atoms with E-state index in [4.69, 9.17) is 14.2 Å². The Morgan fingerprint density at radius 3 is 2.67 bits per heavy atom. The van der Waals surface area contributed by atoms with E-state index < -0.39 is 23.9 Å². The Kier molecular flexibility index (Phi) is 3.16. The van der Waals surface area contributed by atoms with Gasteiger partial charge in [-0.15, -0.1) is 0 Å². The molecule has 0 aromatic heterocycles. The van der Waals surface area contributed by atoms with E-state index in [2.05, 4.69) is 5.32 Å². The van der Waals surface area contributed by atoms with Crippen LogP contribution in [0, 0.1) is 0 Å². The highest BCUT2D eigenvalue weighted by atomic mass is 16.6. The topological polar surface area (TPSA) is 77.2 Å². The minimum absolute atomic E-state index is 0.153. The van der Waals surface area contributed by atoms with Gasteiger partial charge in [-0.05, 0) is 20.8 Å². The molecular weight excluding hydrogens is 238 g/mol. The minimum Gasteiger partial charge on any atom is -0.444 e. The molecule has 6 nitrogen and oxygen atoms in total. The molecular formula is C12H17NO5. The molecule has 0 aromatic rings. The van der Waals surface area contributed by atoms with Gasteiger partial charge < -0.3 is 14.2 Å². The first kappa shape index (κ1) is 13.0. The maximum Gasteiger partial charge on any atom is 0.411 e. The molecule has 2 rings (SSSR count). The van der Waals surface area contributed by atoms with Crippen LogP contribution < -0.4 is 5.32 Å². The van der Waals surface area contributed by atoms with Gasteiger partial charge in [0.25, 0.3) is 0 Å². The minimum atomic E-state index is -0.609. The Morgan fingerprint density at radius 1 is 1.44 bits per heavy atom. The largest absolute Gasteiger partial charge is 0.444 e. The van der Waals surface area contributed by atoms with Crippen LogP contribution in [0.3, 0.4) is 0 Å². The van der Waals surface area contributed by atoms with Crippen molar-refractivity contribution in [3.8, 4) is 0 Å². The quantitative estimate of drug-likeness (QED) is 0.737. The molecule has 1 amide bonds. The number of epoxide rings is 1. The number of amides is 1. The summed E-state index contributed by atoms with van der Waals surface area (Å²) in [7, 11) is 1.50. The van der Waals surface area contributed by atoms with Crippen LogP contribution in [0.4, 0.5) is 4.79 Å². The number of hydrogen-bond acceptors (Lipinski definition) is 5. The van der Waals surface area contributed by atoms with Crippen molar-refractivity contribution < 1.29 is 23.8 Å². The molecule has 3 atom stereocenters. The van der Waals surface area contributed by atoms with Crippen LogP contribution in [0.1, 0.15) is 20.8 Å². The highest BCUT2D eigenvalue weighted by Gasteiger charge is 2.54. The maximum absolute atomic E-state index is 11.6. The lowest BCUT2D eigenvalue weighted by Gasteiger charge is -2.23. The van der Waals surface area contributed by atoms with Crippen molar-refractivity contribution in [2.75, 3.05) is 7.11 Å². The molecule has 0 bridgehead atoms. The Hall–Kier alpha value is -1.40. The zero-order chi connectivity index (χ0) is 13.5. The third kappa shape index (κ3) is 2.70. The first-order chi connectivity index (χ1) is 8.31. The van der Waals surface area contributed by atoms with Gasteiger partial charge in [0.05, 0.1) is 5.70 Å². The highest BCUT2D eigenvalue weighted by molar-refractivity contribution is 5.98. The summed E-state index contributed by atoms with van der Waals surface area (Å²) in [5, 5.41) is 2.54. The molecule has 100 valence electrons. The zero-order valence-corrected chi connectivity index (χ0v) is 10.9. The van der Waals surface area contributed by atoms with Gasteiger partial charge in [0.1, 0.15) is 23.9 Å². The Morgan fingerprint density at radius 2 is 2.11 bits per heavy atom. The van der Waals surface area contributed by atoms with Gasteiger partial charge in [0.2, 0.25) is 0 Å². The van der Waals surface area contributed by atoms with E-state index in [0.717, 1.165) is 0 Å². The lowest BCUT2D eigenvalue weighted by atomic mass is 10.0. The zero-order valence-electron chi connectivity index (χ0n) is 10.9. The first-order valence-electron chi connectivity index (χ1n) is 5.75. The summed E-state index contributed by atoms with van der Waals surface area (Å²) in [6.45, 7) is 5.29. The molecule has 1 heterocycles. The molecule has 1 aliphatic carbocycles. The number of nitrogens with one attached hydrogen (secondary N) is 1. The van der Waals surface area contributed by atoms with Gasteiger partial charge in [0, 0.05) is 13.2 Å². The summed E-state index contributed by atoms with van der Waals surface area (Å²) in [6, 6.07) is 0. The number of ketones is 1. The Bertz CT molecular complexity index is 409. The van der Waals surface area contributed by atoms with Crippen LogP contribution in [-0.4, -0.2) is 42.9 Å². The number of hydrogen-bond donors (Lipinski definition) is 1. The predicted octanol–water partition coefficient (Wildman–Crippen LogP) is 0.760. The van der Waals surface area contributed by atoms with Gasteiger partial charge in [-0.1, -0.05) is 0 Å². The molecule has 0 saturated carbocycles. The van der Waals surface area contributed by atoms with E-state index in [9.17, 15) is 9.59 Å². The lowest BCUT2D eigenvalue weighted by molar-refractivity contribution is -0.116. The van der Waals surface area contributed by atoms with E-state index in [-0.39, 0.29) is 11.9 Å². The summed E-state index contributed by atoms with van der Waals surface area (Å²) in [5.74, 6) is -0.153. The third-order valence-electron chi connectivity index (χ3n) is 2.61. The smallest absolute Gasteiger partial charge is 0.411 e. The van der Waals surface area contributed by atoms with Crippen molar-refractivity contribution >= 4 is 11.9 Å². The molecule has 1 N–H and O–H groups in total. The van der Waals surface area contributed by atoms with Gasteiger partial charge in [-0.25, -0.2) is 4.79 Å². The van der Waals surface area contributed by atoms with Crippen LogP contribution in [-0.2, 0) is 19.0 Å². The number of fused-ring (bicyclic) bond motifs is 1. The Balaban J connectivity index is 2.03. The van der Waals surface area contributed by atoms with Crippen molar-refractivity contribution in [3.05, 3.63) is 11.8 Å². The maximum atomic E-state index is 11.6. The van der Waals surface area contributed by atoms with Crippen molar-refractivity contribution in [1.82, 2.24) is 5.32 Å². The fourth-order valence-electron chi connectivity index (χ4n) is 1.87. The first-order valence-corrected chi connectivity index (χ1v) is 5.75. The molecule has 1 saturated heterocycles. The summed E-state index contributed by atoms with van der Waals surface area (Å²) in [6.07, 6.45) is -0.411. The second-order valence-corrected chi connectivity index (χ2v) is 5.31. The third-order valence-corrected chi connectivity index (χ3v) is 2.61. The molecule has 6 heteroatoms. The van der Waals surface area contributed by atoms with Crippen molar-refractivity contribution in [1.29, 1.82) is 0 Å². The molecule has 0 spiro atoms. The van der Waals surface area contributed by atoms with Crippen LogP contribution in [0.25, 0.3) is 0 Å². The van der Waals surface area contributed by atoms with Gasteiger partial charge >= 0.3 is 6.09 Å². The van der Waals surface area contributed by atoms with Crippen LogP contribution in [0.5, 0.6) is 0 Å². The molecule has 0 radical (unpaired) electrons. The highest BCUT2D eigenvalue weighted by Crippen LogP contribution is 2.35. The second-order valence-electron chi connectivity index (χ2n) is 5.31. The molecule has 1 fully saturated rings. The van der Waals surface area contributed by atoms with E-state index in [1.54, 1.807) is 20.8 Å². The van der Waals surface area contributed by atoms with Crippen molar-refractivity contribution in [2.24, 2.45) is 0 Å². The molecule has 18 heavy (non-hydrogen) atoms. The van der Waals surface area contributed by atoms with Gasteiger partial charge in [0.15, 0.2) is 5.78 Å². The van der Waals surface area contributed by atoms with Crippen LogP contribution in [0.2, 0.25) is 0 Å². The summed E-state index contributed by atoms with van der Waals surface area (Å²) in [4.78, 5) is 23.2. The number of carbonyl (C=O) groups is 2. The molecule has 3 unspecified atom stereocenters. The Labute approximate surface area is 105 Å². The number of alkyl carbamates (subject to hydrolysis) is 1. The molecule has 1 aliphatic heterocycles. The average Bonchev–Trinajstić information content (AvgIpc) is 2.95. The second kappa shape index (κ2) is 4.37. The number of methoxy groups -OCH3 is 1. The van der Waals surface area contributed by atoms with Crippen molar-refractivity contribution in [3.63, 3.8) is 0 Å². The monoisotopic (exact) mass is 255 g/mol. The van der Waals surface area contributed by atoms with Crippen LogP contribution in [0.15, 0.2) is 11.8 Å². The van der Waals surface area contributed by atoms with E-state index in [1.165, 1.54) is 13.2 Å². The predicted molar refractivity (Wildman–Crippen MR) is 61.9 cm³/mol. The van der Waals surface area contributed by atoms with Gasteiger partial charge in [-0.2, -0.15) is 0 Å². The van der Waals surface area contributed by atoms with Crippen LogP contribution >= 0.6 is 0 Å². The average molecular weight is 255 g/mol. The number of carbonyl (C=O) groups excluding carboxylic acids is 2. The number of ether oxygens (including phenoxy) is 3. The lowest BCUT2D eigenvalue weighted by Crippen LogP contribution is -2.40.